The first kappa shape index (κ1) is 15.8. The Kier molecular flexibility index (Phi) is 5.92. The van der Waals surface area contributed by atoms with Gasteiger partial charge in [0.05, 0.1) is 6.42 Å². The first-order valence-electron chi connectivity index (χ1n) is 6.91. The van der Waals surface area contributed by atoms with Crippen molar-refractivity contribution in [2.75, 3.05) is 19.6 Å². The first-order chi connectivity index (χ1) is 8.37. The fraction of sp³-hybridized carbons (Fsp3) is 1.00. The Morgan fingerprint density at radius 3 is 2.50 bits per heavy atom. The molecule has 0 aromatic rings. The predicted molar refractivity (Wildman–Crippen MR) is 67.6 cm³/mol. The van der Waals surface area contributed by atoms with Crippen molar-refractivity contribution >= 4 is 0 Å². The molecule has 3 unspecified atom stereocenters. The SMILES string of the molecule is CCC(C)C1CN(CCC(F)(F)F)C(CC)CN1. The average Bonchev–Trinajstić information content (AvgIpc) is 2.34. The van der Waals surface area contributed by atoms with Crippen molar-refractivity contribution in [3.05, 3.63) is 0 Å². The standard InChI is InChI=1S/C13H25F3N2/c1-4-10(3)12-9-18(7-6-13(14,15)16)11(5-2)8-17-12/h10-12,17H,4-9H2,1-3H3. The van der Waals surface area contributed by atoms with E-state index in [1.807, 2.05) is 11.8 Å². The molecule has 1 saturated heterocycles. The molecule has 0 amide bonds. The van der Waals surface area contributed by atoms with Crippen LogP contribution in [0, 0.1) is 5.92 Å². The summed E-state index contributed by atoms with van der Waals surface area (Å²) in [5, 5.41) is 3.48. The van der Waals surface area contributed by atoms with Gasteiger partial charge < -0.3 is 5.32 Å². The third-order valence-corrected chi connectivity index (χ3v) is 4.05. The van der Waals surface area contributed by atoms with E-state index in [-0.39, 0.29) is 12.6 Å². The molecule has 108 valence electrons. The van der Waals surface area contributed by atoms with Crippen molar-refractivity contribution in [3.63, 3.8) is 0 Å². The number of nitrogens with zero attached hydrogens (tertiary/aromatic N) is 1. The quantitative estimate of drug-likeness (QED) is 0.823. The highest BCUT2D eigenvalue weighted by molar-refractivity contribution is 4.87. The summed E-state index contributed by atoms with van der Waals surface area (Å²) in [6, 6.07) is 0.568. The van der Waals surface area contributed by atoms with E-state index in [1.54, 1.807) is 0 Å². The van der Waals surface area contributed by atoms with Gasteiger partial charge in [0.1, 0.15) is 0 Å². The smallest absolute Gasteiger partial charge is 0.311 e. The molecule has 2 nitrogen and oxygen atoms in total. The lowest BCUT2D eigenvalue weighted by Crippen LogP contribution is -2.58. The van der Waals surface area contributed by atoms with Crippen LogP contribution >= 0.6 is 0 Å². The van der Waals surface area contributed by atoms with E-state index in [0.717, 1.165) is 25.9 Å². The normalized spacial score (nSPS) is 28.3. The third kappa shape index (κ3) is 4.76. The van der Waals surface area contributed by atoms with E-state index < -0.39 is 12.6 Å². The molecule has 1 rings (SSSR count). The van der Waals surface area contributed by atoms with Crippen molar-refractivity contribution in [1.82, 2.24) is 10.2 Å². The zero-order chi connectivity index (χ0) is 13.8. The van der Waals surface area contributed by atoms with Gasteiger partial charge in [0.2, 0.25) is 0 Å². The lowest BCUT2D eigenvalue weighted by molar-refractivity contribution is -0.140. The Hall–Kier alpha value is -0.290. The fourth-order valence-electron chi connectivity index (χ4n) is 2.50. The van der Waals surface area contributed by atoms with Gasteiger partial charge >= 0.3 is 6.18 Å². The highest BCUT2D eigenvalue weighted by Crippen LogP contribution is 2.23. The van der Waals surface area contributed by atoms with Crippen LogP contribution in [0.3, 0.4) is 0 Å². The van der Waals surface area contributed by atoms with Crippen molar-refractivity contribution in [3.8, 4) is 0 Å². The molecule has 0 radical (unpaired) electrons. The van der Waals surface area contributed by atoms with Crippen molar-refractivity contribution < 1.29 is 13.2 Å². The minimum Gasteiger partial charge on any atom is -0.311 e. The Balaban J connectivity index is 2.53. The molecular weight excluding hydrogens is 241 g/mol. The number of alkyl halides is 3. The highest BCUT2D eigenvalue weighted by Gasteiger charge is 2.33. The maximum atomic E-state index is 12.3. The Labute approximate surface area is 108 Å². The van der Waals surface area contributed by atoms with Crippen LogP contribution in [0.25, 0.3) is 0 Å². The molecule has 1 heterocycles. The topological polar surface area (TPSA) is 15.3 Å². The van der Waals surface area contributed by atoms with Crippen LogP contribution in [0.5, 0.6) is 0 Å². The molecule has 5 heteroatoms. The molecule has 18 heavy (non-hydrogen) atoms. The first-order valence-corrected chi connectivity index (χ1v) is 6.91. The maximum Gasteiger partial charge on any atom is 0.390 e. The molecule has 0 aromatic carbocycles. The van der Waals surface area contributed by atoms with E-state index in [9.17, 15) is 13.2 Å². The number of piperazine rings is 1. The second-order valence-electron chi connectivity index (χ2n) is 5.32. The summed E-state index contributed by atoms with van der Waals surface area (Å²) in [4.78, 5) is 2.01. The lowest BCUT2D eigenvalue weighted by Gasteiger charge is -2.42. The molecule has 1 aliphatic heterocycles. The summed E-state index contributed by atoms with van der Waals surface area (Å²) in [5.74, 6) is 0.510. The molecule has 0 bridgehead atoms. The summed E-state index contributed by atoms with van der Waals surface area (Å²) in [6.07, 6.45) is -2.79. The highest BCUT2D eigenvalue weighted by atomic mass is 19.4. The maximum absolute atomic E-state index is 12.3. The summed E-state index contributed by atoms with van der Waals surface area (Å²) >= 11 is 0. The molecule has 1 N–H and O–H groups in total. The molecule has 1 aliphatic rings. The van der Waals surface area contributed by atoms with Crippen LogP contribution in [0.4, 0.5) is 13.2 Å². The largest absolute Gasteiger partial charge is 0.390 e. The van der Waals surface area contributed by atoms with Gasteiger partial charge in [0.25, 0.3) is 0 Å². The zero-order valence-corrected chi connectivity index (χ0v) is 11.6. The Morgan fingerprint density at radius 2 is 2.00 bits per heavy atom. The van der Waals surface area contributed by atoms with Crippen LogP contribution in [-0.2, 0) is 0 Å². The van der Waals surface area contributed by atoms with Gasteiger partial charge in [-0.15, -0.1) is 0 Å². The summed E-state index contributed by atoms with van der Waals surface area (Å²) in [6.45, 7) is 8.00. The molecule has 0 aromatic heterocycles. The van der Waals surface area contributed by atoms with E-state index in [4.69, 9.17) is 0 Å². The molecule has 1 fully saturated rings. The van der Waals surface area contributed by atoms with Gasteiger partial charge in [-0.3, -0.25) is 4.90 Å². The Morgan fingerprint density at radius 1 is 1.33 bits per heavy atom. The van der Waals surface area contributed by atoms with E-state index >= 15 is 0 Å². The second-order valence-corrected chi connectivity index (χ2v) is 5.32. The number of halogens is 3. The summed E-state index contributed by atoms with van der Waals surface area (Å²) in [5.41, 5.74) is 0. The molecule has 0 aliphatic carbocycles. The minimum atomic E-state index is -4.05. The summed E-state index contributed by atoms with van der Waals surface area (Å²) in [7, 11) is 0. The van der Waals surface area contributed by atoms with Crippen molar-refractivity contribution in [2.45, 2.75) is 58.3 Å². The van der Waals surface area contributed by atoms with Gasteiger partial charge in [-0.25, -0.2) is 0 Å². The molecule has 3 atom stereocenters. The molecule has 0 spiro atoms. The third-order valence-electron chi connectivity index (χ3n) is 4.05. The van der Waals surface area contributed by atoms with Crippen LogP contribution < -0.4 is 5.32 Å². The lowest BCUT2D eigenvalue weighted by atomic mass is 9.94. The molecular formula is C13H25F3N2. The number of hydrogen-bond donors (Lipinski definition) is 1. The number of hydrogen-bond acceptors (Lipinski definition) is 2. The van der Waals surface area contributed by atoms with Crippen LogP contribution in [0.2, 0.25) is 0 Å². The number of nitrogens with one attached hydrogen (secondary N) is 1. The van der Waals surface area contributed by atoms with Gasteiger partial charge in [0, 0.05) is 31.7 Å². The second kappa shape index (κ2) is 6.75. The van der Waals surface area contributed by atoms with Gasteiger partial charge in [-0.2, -0.15) is 13.2 Å². The molecule has 0 saturated carbocycles. The van der Waals surface area contributed by atoms with Gasteiger partial charge in [-0.1, -0.05) is 27.2 Å². The van der Waals surface area contributed by atoms with Crippen LogP contribution in [-0.4, -0.2) is 42.8 Å². The van der Waals surface area contributed by atoms with Gasteiger partial charge in [-0.05, 0) is 12.3 Å². The van der Waals surface area contributed by atoms with Crippen LogP contribution in [0.1, 0.15) is 40.0 Å². The average molecular weight is 266 g/mol. The Bertz CT molecular complexity index is 243. The number of rotatable bonds is 5. The van der Waals surface area contributed by atoms with E-state index in [1.165, 1.54) is 0 Å². The fourth-order valence-corrected chi connectivity index (χ4v) is 2.50. The van der Waals surface area contributed by atoms with Gasteiger partial charge in [0.15, 0.2) is 0 Å². The zero-order valence-electron chi connectivity index (χ0n) is 11.6. The van der Waals surface area contributed by atoms with Crippen molar-refractivity contribution in [2.24, 2.45) is 5.92 Å². The minimum absolute atomic E-state index is 0.136. The van der Waals surface area contributed by atoms with E-state index in [2.05, 4.69) is 19.2 Å². The van der Waals surface area contributed by atoms with Crippen molar-refractivity contribution in [1.29, 1.82) is 0 Å². The summed E-state index contributed by atoms with van der Waals surface area (Å²) < 4.78 is 37.0. The van der Waals surface area contributed by atoms with Crippen LogP contribution in [0.15, 0.2) is 0 Å². The van der Waals surface area contributed by atoms with E-state index in [0.29, 0.717) is 12.0 Å². The predicted octanol–water partition coefficient (Wildman–Crippen LogP) is 3.04. The monoisotopic (exact) mass is 266 g/mol.